The van der Waals surface area contributed by atoms with Gasteiger partial charge in [-0.3, -0.25) is 9.48 Å². The molecule has 1 aliphatic rings. The van der Waals surface area contributed by atoms with Crippen molar-refractivity contribution in [1.82, 2.24) is 15.1 Å². The van der Waals surface area contributed by atoms with Gasteiger partial charge in [0, 0.05) is 6.54 Å². The average Bonchev–Trinajstić information content (AvgIpc) is 2.88. The SMILES string of the molecule is CCCn1ncc(Cl)c1C(=O)C1CCCN1. The third-order valence-corrected chi connectivity index (χ3v) is 3.12. The van der Waals surface area contributed by atoms with Crippen molar-refractivity contribution in [2.45, 2.75) is 38.8 Å². The van der Waals surface area contributed by atoms with Crippen LogP contribution >= 0.6 is 11.6 Å². The van der Waals surface area contributed by atoms with Gasteiger partial charge in [-0.25, -0.2) is 0 Å². The minimum Gasteiger partial charge on any atom is -0.307 e. The zero-order chi connectivity index (χ0) is 11.5. The van der Waals surface area contributed by atoms with Crippen LogP contribution in [0.4, 0.5) is 0 Å². The number of carbonyl (C=O) groups excluding carboxylic acids is 1. The molecule has 16 heavy (non-hydrogen) atoms. The number of hydrogen-bond acceptors (Lipinski definition) is 3. The molecule has 0 aliphatic carbocycles. The standard InChI is InChI=1S/C11H16ClN3O/c1-2-6-15-10(8(12)7-14-15)11(16)9-4-3-5-13-9/h7,9,13H,2-6H2,1H3. The molecule has 0 aromatic carbocycles. The van der Waals surface area contributed by atoms with Crippen molar-refractivity contribution in [2.24, 2.45) is 0 Å². The van der Waals surface area contributed by atoms with Gasteiger partial charge in [0.15, 0.2) is 5.78 Å². The molecule has 5 heteroatoms. The van der Waals surface area contributed by atoms with Crippen LogP contribution in [0.25, 0.3) is 0 Å². The van der Waals surface area contributed by atoms with Crippen molar-refractivity contribution in [3.05, 3.63) is 16.9 Å². The number of carbonyl (C=O) groups is 1. The maximum absolute atomic E-state index is 12.2. The molecule has 2 rings (SSSR count). The van der Waals surface area contributed by atoms with E-state index in [0.29, 0.717) is 10.7 Å². The van der Waals surface area contributed by atoms with E-state index in [1.807, 2.05) is 0 Å². The molecule has 4 nitrogen and oxygen atoms in total. The Labute approximate surface area is 100.0 Å². The van der Waals surface area contributed by atoms with Crippen LogP contribution in [0.5, 0.6) is 0 Å². The van der Waals surface area contributed by atoms with Crippen LogP contribution in [-0.4, -0.2) is 28.2 Å². The van der Waals surface area contributed by atoms with Crippen LogP contribution in [-0.2, 0) is 6.54 Å². The number of Topliss-reactive ketones (excluding diaryl/α,β-unsaturated/α-hetero) is 1. The van der Waals surface area contributed by atoms with Crippen molar-refractivity contribution in [3.63, 3.8) is 0 Å². The molecule has 1 N–H and O–H groups in total. The van der Waals surface area contributed by atoms with Crippen LogP contribution in [0, 0.1) is 0 Å². The fourth-order valence-corrected chi connectivity index (χ4v) is 2.30. The Morgan fingerprint density at radius 2 is 2.56 bits per heavy atom. The molecule has 0 saturated carbocycles. The fourth-order valence-electron chi connectivity index (χ4n) is 2.06. The average molecular weight is 242 g/mol. The number of nitrogens with one attached hydrogen (secondary N) is 1. The lowest BCUT2D eigenvalue weighted by Gasteiger charge is -2.11. The maximum atomic E-state index is 12.2. The van der Waals surface area contributed by atoms with E-state index >= 15 is 0 Å². The lowest BCUT2D eigenvalue weighted by molar-refractivity contribution is 0.0941. The Kier molecular flexibility index (Phi) is 3.61. The number of halogens is 1. The molecule has 1 fully saturated rings. The van der Waals surface area contributed by atoms with Gasteiger partial charge in [0.1, 0.15) is 5.69 Å². The monoisotopic (exact) mass is 241 g/mol. The molecule has 1 saturated heterocycles. The number of rotatable bonds is 4. The Bertz CT molecular complexity index is 383. The number of aromatic nitrogens is 2. The van der Waals surface area contributed by atoms with Gasteiger partial charge in [-0.2, -0.15) is 5.10 Å². The molecule has 0 radical (unpaired) electrons. The largest absolute Gasteiger partial charge is 0.307 e. The summed E-state index contributed by atoms with van der Waals surface area (Å²) in [5.74, 6) is 0.0773. The molecular weight excluding hydrogens is 226 g/mol. The molecule has 1 aliphatic heterocycles. The summed E-state index contributed by atoms with van der Waals surface area (Å²) in [5.41, 5.74) is 0.558. The van der Waals surface area contributed by atoms with Crippen molar-refractivity contribution in [3.8, 4) is 0 Å². The summed E-state index contributed by atoms with van der Waals surface area (Å²) in [4.78, 5) is 12.2. The van der Waals surface area contributed by atoms with E-state index in [-0.39, 0.29) is 11.8 Å². The predicted octanol–water partition coefficient (Wildman–Crippen LogP) is 1.88. The highest BCUT2D eigenvalue weighted by molar-refractivity contribution is 6.33. The van der Waals surface area contributed by atoms with E-state index in [9.17, 15) is 4.79 Å². The Morgan fingerprint density at radius 1 is 1.75 bits per heavy atom. The Hall–Kier alpha value is -0.870. The van der Waals surface area contributed by atoms with Crippen LogP contribution < -0.4 is 5.32 Å². The second kappa shape index (κ2) is 4.97. The van der Waals surface area contributed by atoms with Gasteiger partial charge < -0.3 is 5.32 Å². The Morgan fingerprint density at radius 3 is 3.19 bits per heavy atom. The lowest BCUT2D eigenvalue weighted by Crippen LogP contribution is -2.32. The minimum atomic E-state index is -0.0789. The summed E-state index contributed by atoms with van der Waals surface area (Å²) in [6, 6.07) is -0.0789. The van der Waals surface area contributed by atoms with Crippen LogP contribution in [0.2, 0.25) is 5.02 Å². The highest BCUT2D eigenvalue weighted by Gasteiger charge is 2.27. The highest BCUT2D eigenvalue weighted by atomic mass is 35.5. The van der Waals surface area contributed by atoms with Gasteiger partial charge in [-0.05, 0) is 25.8 Å². The predicted molar refractivity (Wildman–Crippen MR) is 62.9 cm³/mol. The minimum absolute atomic E-state index is 0.0773. The normalized spacial score (nSPS) is 20.2. The van der Waals surface area contributed by atoms with Gasteiger partial charge in [0.25, 0.3) is 0 Å². The molecule has 1 unspecified atom stereocenters. The first-order chi connectivity index (χ1) is 7.74. The third kappa shape index (κ3) is 2.13. The molecule has 2 heterocycles. The maximum Gasteiger partial charge on any atom is 0.199 e. The first kappa shape index (κ1) is 11.6. The summed E-state index contributed by atoms with van der Waals surface area (Å²) in [6.45, 7) is 3.70. The van der Waals surface area contributed by atoms with E-state index in [0.717, 1.165) is 32.4 Å². The van der Waals surface area contributed by atoms with Gasteiger partial charge >= 0.3 is 0 Å². The molecule has 88 valence electrons. The van der Waals surface area contributed by atoms with Gasteiger partial charge in [-0.15, -0.1) is 0 Å². The zero-order valence-electron chi connectivity index (χ0n) is 9.37. The molecule has 0 bridgehead atoms. The van der Waals surface area contributed by atoms with Gasteiger partial charge in [0.05, 0.1) is 17.3 Å². The summed E-state index contributed by atoms with van der Waals surface area (Å²) < 4.78 is 1.71. The quantitative estimate of drug-likeness (QED) is 0.819. The second-order valence-electron chi connectivity index (χ2n) is 4.08. The molecule has 0 amide bonds. The van der Waals surface area contributed by atoms with Crippen LogP contribution in [0.1, 0.15) is 36.7 Å². The van der Waals surface area contributed by atoms with Gasteiger partial charge in [-0.1, -0.05) is 18.5 Å². The van der Waals surface area contributed by atoms with Crippen molar-refractivity contribution in [2.75, 3.05) is 6.54 Å². The van der Waals surface area contributed by atoms with E-state index in [1.54, 1.807) is 10.9 Å². The number of hydrogen-bond donors (Lipinski definition) is 1. The Balaban J connectivity index is 2.23. The molecule has 1 aromatic heterocycles. The smallest absolute Gasteiger partial charge is 0.199 e. The summed E-state index contributed by atoms with van der Waals surface area (Å²) in [7, 11) is 0. The number of aryl methyl sites for hydroxylation is 1. The molecule has 1 atom stereocenters. The van der Waals surface area contributed by atoms with Crippen molar-refractivity contribution >= 4 is 17.4 Å². The zero-order valence-corrected chi connectivity index (χ0v) is 10.1. The van der Waals surface area contributed by atoms with Crippen molar-refractivity contribution < 1.29 is 4.79 Å². The first-order valence-corrected chi connectivity index (χ1v) is 6.10. The second-order valence-corrected chi connectivity index (χ2v) is 4.48. The number of ketones is 1. The summed E-state index contributed by atoms with van der Waals surface area (Å²) in [6.07, 6.45) is 4.44. The highest BCUT2D eigenvalue weighted by Crippen LogP contribution is 2.20. The fraction of sp³-hybridized carbons (Fsp3) is 0.636. The number of nitrogens with zero attached hydrogens (tertiary/aromatic N) is 2. The summed E-state index contributed by atoms with van der Waals surface area (Å²) in [5, 5.41) is 7.79. The third-order valence-electron chi connectivity index (χ3n) is 2.84. The van der Waals surface area contributed by atoms with E-state index in [1.165, 1.54) is 0 Å². The van der Waals surface area contributed by atoms with Crippen LogP contribution in [0.3, 0.4) is 0 Å². The van der Waals surface area contributed by atoms with E-state index < -0.39 is 0 Å². The van der Waals surface area contributed by atoms with Crippen LogP contribution in [0.15, 0.2) is 6.20 Å². The van der Waals surface area contributed by atoms with Crippen molar-refractivity contribution in [1.29, 1.82) is 0 Å². The van der Waals surface area contributed by atoms with Gasteiger partial charge in [0.2, 0.25) is 0 Å². The molecular formula is C11H16ClN3O. The topological polar surface area (TPSA) is 46.9 Å². The molecule has 0 spiro atoms. The summed E-state index contributed by atoms with van der Waals surface area (Å²) >= 11 is 6.02. The molecule has 1 aromatic rings. The first-order valence-electron chi connectivity index (χ1n) is 5.73. The van der Waals surface area contributed by atoms with E-state index in [4.69, 9.17) is 11.6 Å². The lowest BCUT2D eigenvalue weighted by atomic mass is 10.1. The van der Waals surface area contributed by atoms with E-state index in [2.05, 4.69) is 17.3 Å².